The van der Waals surface area contributed by atoms with Gasteiger partial charge in [0.15, 0.2) is 6.04 Å². The highest BCUT2D eigenvalue weighted by atomic mass is 16.6. The standard InChI is InChI=1S/C20H30N2O6/c1-19(2,3)27-17(25)21-22(18(26)28-20(4,5)6)15(16(23)24)13-12-14-10-8-7-9-11-14/h7-10,12,15H,11,13H2,1-6H3,(H,21,25)(H,23,24). The Hall–Kier alpha value is -2.77. The molecule has 0 aromatic rings. The van der Waals surface area contributed by atoms with E-state index in [1.165, 1.54) is 0 Å². The molecular weight excluding hydrogens is 364 g/mol. The largest absolute Gasteiger partial charge is 0.480 e. The number of hydrazine groups is 1. The first-order chi connectivity index (χ1) is 12.8. The SMILES string of the molecule is CC(C)(C)OC(=O)NN(C(=O)OC(C)(C)C)C(CC=C1C=CC=CC1)C(=O)O. The van der Waals surface area contributed by atoms with Crippen molar-refractivity contribution in [2.75, 3.05) is 0 Å². The van der Waals surface area contributed by atoms with Crippen LogP contribution in [-0.2, 0) is 14.3 Å². The minimum atomic E-state index is -1.37. The molecule has 28 heavy (non-hydrogen) atoms. The summed E-state index contributed by atoms with van der Waals surface area (Å²) in [5.41, 5.74) is 1.45. The van der Waals surface area contributed by atoms with Gasteiger partial charge in [-0.05, 0) is 60.0 Å². The van der Waals surface area contributed by atoms with Crippen molar-refractivity contribution in [3.63, 3.8) is 0 Å². The van der Waals surface area contributed by atoms with E-state index in [0.717, 1.165) is 5.57 Å². The van der Waals surface area contributed by atoms with E-state index in [2.05, 4.69) is 5.43 Å². The first kappa shape index (κ1) is 23.3. The van der Waals surface area contributed by atoms with Crippen molar-refractivity contribution in [1.29, 1.82) is 0 Å². The van der Waals surface area contributed by atoms with Gasteiger partial charge in [0.2, 0.25) is 0 Å². The Morgan fingerprint density at radius 1 is 1.14 bits per heavy atom. The van der Waals surface area contributed by atoms with Crippen molar-refractivity contribution < 1.29 is 29.0 Å². The molecule has 0 radical (unpaired) electrons. The lowest BCUT2D eigenvalue weighted by atomic mass is 10.0. The molecule has 8 nitrogen and oxygen atoms in total. The molecule has 0 heterocycles. The molecule has 8 heteroatoms. The summed E-state index contributed by atoms with van der Waals surface area (Å²) in [6.07, 6.45) is 7.96. The van der Waals surface area contributed by atoms with Gasteiger partial charge in [-0.25, -0.2) is 24.8 Å². The van der Waals surface area contributed by atoms with Crippen LogP contribution in [-0.4, -0.2) is 45.5 Å². The lowest BCUT2D eigenvalue weighted by molar-refractivity contribution is -0.144. The maximum Gasteiger partial charge on any atom is 0.430 e. The fraction of sp³-hybridized carbons (Fsp3) is 0.550. The molecule has 0 spiro atoms. The molecule has 1 atom stereocenters. The third kappa shape index (κ3) is 8.75. The number of hydrogen-bond donors (Lipinski definition) is 2. The highest BCUT2D eigenvalue weighted by Gasteiger charge is 2.35. The van der Waals surface area contributed by atoms with Crippen LogP contribution in [0.25, 0.3) is 0 Å². The van der Waals surface area contributed by atoms with Crippen LogP contribution in [0.3, 0.4) is 0 Å². The molecule has 0 aliphatic heterocycles. The Balaban J connectivity index is 3.07. The summed E-state index contributed by atoms with van der Waals surface area (Å²) < 4.78 is 10.4. The van der Waals surface area contributed by atoms with Crippen molar-refractivity contribution >= 4 is 18.2 Å². The minimum absolute atomic E-state index is 0.0160. The third-order valence-electron chi connectivity index (χ3n) is 3.31. The molecule has 156 valence electrons. The van der Waals surface area contributed by atoms with Gasteiger partial charge in [-0.15, -0.1) is 0 Å². The fourth-order valence-corrected chi connectivity index (χ4v) is 2.22. The highest BCUT2D eigenvalue weighted by molar-refractivity contribution is 5.82. The molecule has 1 rings (SSSR count). The van der Waals surface area contributed by atoms with Gasteiger partial charge in [0.05, 0.1) is 0 Å². The maximum atomic E-state index is 12.6. The second-order valence-corrected chi connectivity index (χ2v) is 8.32. The van der Waals surface area contributed by atoms with Crippen LogP contribution >= 0.6 is 0 Å². The summed E-state index contributed by atoms with van der Waals surface area (Å²) in [5, 5.41) is 10.3. The summed E-state index contributed by atoms with van der Waals surface area (Å²) in [6.45, 7) is 9.92. The zero-order valence-corrected chi connectivity index (χ0v) is 17.3. The summed E-state index contributed by atoms with van der Waals surface area (Å²) >= 11 is 0. The highest BCUT2D eigenvalue weighted by Crippen LogP contribution is 2.17. The Kier molecular flexibility index (Phi) is 7.84. The van der Waals surface area contributed by atoms with Crippen LogP contribution < -0.4 is 5.43 Å². The van der Waals surface area contributed by atoms with E-state index in [1.54, 1.807) is 47.6 Å². The van der Waals surface area contributed by atoms with E-state index >= 15 is 0 Å². The molecule has 0 aromatic carbocycles. The molecule has 0 bridgehead atoms. The van der Waals surface area contributed by atoms with Crippen LogP contribution in [0, 0.1) is 0 Å². The number of carbonyl (C=O) groups excluding carboxylic acids is 2. The Morgan fingerprint density at radius 3 is 2.21 bits per heavy atom. The fourth-order valence-electron chi connectivity index (χ4n) is 2.22. The second kappa shape index (κ2) is 9.43. The van der Waals surface area contributed by atoms with Crippen molar-refractivity contribution in [3.05, 3.63) is 36.0 Å². The third-order valence-corrected chi connectivity index (χ3v) is 3.31. The predicted molar refractivity (Wildman–Crippen MR) is 104 cm³/mol. The van der Waals surface area contributed by atoms with Crippen LogP contribution in [0.2, 0.25) is 0 Å². The van der Waals surface area contributed by atoms with E-state index in [-0.39, 0.29) is 6.42 Å². The normalized spacial score (nSPS) is 16.4. The summed E-state index contributed by atoms with van der Waals surface area (Å²) in [6, 6.07) is -1.37. The van der Waals surface area contributed by atoms with Crippen LogP contribution in [0.4, 0.5) is 9.59 Å². The van der Waals surface area contributed by atoms with E-state index in [9.17, 15) is 19.5 Å². The van der Waals surface area contributed by atoms with Crippen molar-refractivity contribution in [2.45, 2.75) is 71.6 Å². The number of carboxylic acids is 1. The van der Waals surface area contributed by atoms with E-state index < -0.39 is 35.4 Å². The van der Waals surface area contributed by atoms with E-state index in [1.807, 2.05) is 24.3 Å². The number of aliphatic carboxylic acids is 1. The number of rotatable bonds is 4. The molecule has 1 aliphatic carbocycles. The van der Waals surface area contributed by atoms with E-state index in [4.69, 9.17) is 9.47 Å². The Bertz CT molecular complexity index is 680. The van der Waals surface area contributed by atoms with Gasteiger partial charge in [0, 0.05) is 0 Å². The number of allylic oxidation sites excluding steroid dienone is 5. The number of ether oxygens (including phenoxy) is 2. The number of carbonyl (C=O) groups is 3. The van der Waals surface area contributed by atoms with Crippen LogP contribution in [0.15, 0.2) is 36.0 Å². The second-order valence-electron chi connectivity index (χ2n) is 8.32. The zero-order chi connectivity index (χ0) is 21.5. The number of nitrogens with zero attached hydrogens (tertiary/aromatic N) is 1. The van der Waals surface area contributed by atoms with Crippen LogP contribution in [0.5, 0.6) is 0 Å². The van der Waals surface area contributed by atoms with Crippen molar-refractivity contribution in [1.82, 2.24) is 10.4 Å². The molecule has 0 aromatic heterocycles. The minimum Gasteiger partial charge on any atom is -0.480 e. The molecule has 1 unspecified atom stereocenters. The number of amides is 2. The topological polar surface area (TPSA) is 105 Å². The van der Waals surface area contributed by atoms with Gasteiger partial charge in [-0.1, -0.05) is 30.4 Å². The summed E-state index contributed by atoms with van der Waals surface area (Å²) in [7, 11) is 0. The molecule has 2 amide bonds. The van der Waals surface area contributed by atoms with Gasteiger partial charge in [0.1, 0.15) is 11.2 Å². The first-order valence-electron chi connectivity index (χ1n) is 9.05. The monoisotopic (exact) mass is 394 g/mol. The summed E-state index contributed by atoms with van der Waals surface area (Å²) in [5.74, 6) is -1.28. The molecule has 0 fully saturated rings. The first-order valence-corrected chi connectivity index (χ1v) is 9.05. The van der Waals surface area contributed by atoms with Crippen molar-refractivity contribution in [3.8, 4) is 0 Å². The lowest BCUT2D eigenvalue weighted by Gasteiger charge is -2.31. The Labute approximate surface area is 165 Å². The molecule has 1 aliphatic rings. The lowest BCUT2D eigenvalue weighted by Crippen LogP contribution is -2.56. The molecule has 0 saturated carbocycles. The molecule has 0 saturated heterocycles. The number of nitrogens with one attached hydrogen (secondary N) is 1. The smallest absolute Gasteiger partial charge is 0.430 e. The van der Waals surface area contributed by atoms with Gasteiger partial charge >= 0.3 is 18.2 Å². The number of hydrogen-bond acceptors (Lipinski definition) is 5. The quantitative estimate of drug-likeness (QED) is 0.700. The maximum absolute atomic E-state index is 12.6. The number of carboxylic acid groups (broad SMARTS) is 1. The van der Waals surface area contributed by atoms with Gasteiger partial charge in [-0.3, -0.25) is 0 Å². The predicted octanol–water partition coefficient (Wildman–Crippen LogP) is 3.95. The van der Waals surface area contributed by atoms with Crippen LogP contribution in [0.1, 0.15) is 54.4 Å². The van der Waals surface area contributed by atoms with E-state index in [0.29, 0.717) is 11.4 Å². The summed E-state index contributed by atoms with van der Waals surface area (Å²) in [4.78, 5) is 36.6. The molecular formula is C20H30N2O6. The average Bonchev–Trinajstić information content (AvgIpc) is 2.51. The zero-order valence-electron chi connectivity index (χ0n) is 17.3. The van der Waals surface area contributed by atoms with Gasteiger partial charge < -0.3 is 14.6 Å². The van der Waals surface area contributed by atoms with Gasteiger partial charge in [0.25, 0.3) is 0 Å². The van der Waals surface area contributed by atoms with Crippen molar-refractivity contribution in [2.24, 2.45) is 0 Å². The average molecular weight is 394 g/mol. The molecule has 2 N–H and O–H groups in total. The Morgan fingerprint density at radius 2 is 1.75 bits per heavy atom. The van der Waals surface area contributed by atoms with Gasteiger partial charge in [-0.2, -0.15) is 0 Å².